The van der Waals surface area contributed by atoms with Crippen molar-refractivity contribution in [3.63, 3.8) is 0 Å². The van der Waals surface area contributed by atoms with Crippen molar-refractivity contribution in [1.82, 2.24) is 5.32 Å². The van der Waals surface area contributed by atoms with E-state index in [0.29, 0.717) is 6.61 Å². The Bertz CT molecular complexity index is 280. The SMILES string of the molecule is OCC1(CNCc2ccccc2)CC1. The first-order chi connectivity index (χ1) is 6.85. The lowest BCUT2D eigenvalue weighted by atomic mass is 10.1. The standard InChI is InChI=1S/C12H17NO/c14-10-12(6-7-12)9-13-8-11-4-2-1-3-5-11/h1-5,13-14H,6-10H2. The van der Waals surface area contributed by atoms with E-state index >= 15 is 0 Å². The molecule has 0 saturated heterocycles. The van der Waals surface area contributed by atoms with E-state index < -0.39 is 0 Å². The van der Waals surface area contributed by atoms with Crippen molar-refractivity contribution in [2.75, 3.05) is 13.2 Å². The van der Waals surface area contributed by atoms with Crippen LogP contribution in [0.15, 0.2) is 30.3 Å². The van der Waals surface area contributed by atoms with Crippen molar-refractivity contribution >= 4 is 0 Å². The molecule has 1 fully saturated rings. The van der Waals surface area contributed by atoms with Crippen LogP contribution in [0.5, 0.6) is 0 Å². The highest BCUT2D eigenvalue weighted by Crippen LogP contribution is 2.44. The Morgan fingerprint density at radius 3 is 2.50 bits per heavy atom. The Kier molecular flexibility index (Phi) is 2.85. The molecule has 0 spiro atoms. The van der Waals surface area contributed by atoms with Crippen LogP contribution >= 0.6 is 0 Å². The van der Waals surface area contributed by atoms with Gasteiger partial charge in [-0.1, -0.05) is 30.3 Å². The van der Waals surface area contributed by atoms with Crippen molar-refractivity contribution in [1.29, 1.82) is 0 Å². The first-order valence-electron chi connectivity index (χ1n) is 5.20. The van der Waals surface area contributed by atoms with Crippen LogP contribution in [0.1, 0.15) is 18.4 Å². The maximum absolute atomic E-state index is 9.11. The van der Waals surface area contributed by atoms with Gasteiger partial charge in [-0.25, -0.2) is 0 Å². The summed E-state index contributed by atoms with van der Waals surface area (Å²) in [5.41, 5.74) is 1.52. The molecule has 0 aliphatic heterocycles. The van der Waals surface area contributed by atoms with Crippen LogP contribution in [0, 0.1) is 5.41 Å². The van der Waals surface area contributed by atoms with Crippen molar-refractivity contribution in [3.05, 3.63) is 35.9 Å². The summed E-state index contributed by atoms with van der Waals surface area (Å²) < 4.78 is 0. The molecule has 1 saturated carbocycles. The quantitative estimate of drug-likeness (QED) is 0.740. The average molecular weight is 191 g/mol. The summed E-state index contributed by atoms with van der Waals surface area (Å²) in [6.45, 7) is 2.18. The van der Waals surface area contributed by atoms with Gasteiger partial charge in [0.15, 0.2) is 0 Å². The third kappa shape index (κ3) is 2.34. The molecular formula is C12H17NO. The molecule has 0 aromatic heterocycles. The van der Waals surface area contributed by atoms with Crippen molar-refractivity contribution in [3.8, 4) is 0 Å². The first-order valence-corrected chi connectivity index (χ1v) is 5.20. The van der Waals surface area contributed by atoms with Gasteiger partial charge in [-0.15, -0.1) is 0 Å². The Morgan fingerprint density at radius 1 is 1.21 bits per heavy atom. The lowest BCUT2D eigenvalue weighted by Crippen LogP contribution is -2.25. The lowest BCUT2D eigenvalue weighted by Gasteiger charge is -2.12. The van der Waals surface area contributed by atoms with Crippen LogP contribution in [-0.2, 0) is 6.54 Å². The Labute approximate surface area is 85.0 Å². The van der Waals surface area contributed by atoms with E-state index in [4.69, 9.17) is 5.11 Å². The van der Waals surface area contributed by atoms with E-state index in [2.05, 4.69) is 29.6 Å². The second-order valence-corrected chi connectivity index (χ2v) is 4.25. The summed E-state index contributed by atoms with van der Waals surface area (Å²) >= 11 is 0. The fraction of sp³-hybridized carbons (Fsp3) is 0.500. The monoisotopic (exact) mass is 191 g/mol. The molecule has 1 aromatic carbocycles. The molecule has 2 N–H and O–H groups in total. The van der Waals surface area contributed by atoms with Gasteiger partial charge in [0.2, 0.25) is 0 Å². The van der Waals surface area contributed by atoms with Gasteiger partial charge in [0.25, 0.3) is 0 Å². The fourth-order valence-electron chi connectivity index (χ4n) is 1.64. The molecule has 0 heterocycles. The summed E-state index contributed by atoms with van der Waals surface area (Å²) in [5, 5.41) is 12.5. The molecule has 0 amide bonds. The molecule has 0 radical (unpaired) electrons. The van der Waals surface area contributed by atoms with Gasteiger partial charge in [0.1, 0.15) is 0 Å². The lowest BCUT2D eigenvalue weighted by molar-refractivity contribution is 0.207. The molecular weight excluding hydrogens is 174 g/mol. The molecule has 1 aliphatic rings. The largest absolute Gasteiger partial charge is 0.396 e. The number of rotatable bonds is 5. The number of hydrogen-bond acceptors (Lipinski definition) is 2. The topological polar surface area (TPSA) is 32.3 Å². The normalized spacial score (nSPS) is 18.1. The van der Waals surface area contributed by atoms with E-state index in [9.17, 15) is 0 Å². The van der Waals surface area contributed by atoms with Crippen LogP contribution in [-0.4, -0.2) is 18.3 Å². The second-order valence-electron chi connectivity index (χ2n) is 4.25. The summed E-state index contributed by atoms with van der Waals surface area (Å²) in [6, 6.07) is 10.4. The van der Waals surface area contributed by atoms with Crippen molar-refractivity contribution in [2.24, 2.45) is 5.41 Å². The highest BCUT2D eigenvalue weighted by Gasteiger charge is 2.41. The summed E-state index contributed by atoms with van der Waals surface area (Å²) in [7, 11) is 0. The number of aliphatic hydroxyl groups excluding tert-OH is 1. The van der Waals surface area contributed by atoms with Crippen LogP contribution in [0.25, 0.3) is 0 Å². The minimum Gasteiger partial charge on any atom is -0.396 e. The molecule has 2 nitrogen and oxygen atoms in total. The number of benzene rings is 1. The van der Waals surface area contributed by atoms with Crippen LogP contribution in [0.4, 0.5) is 0 Å². The fourth-order valence-corrected chi connectivity index (χ4v) is 1.64. The van der Waals surface area contributed by atoms with Crippen LogP contribution in [0.3, 0.4) is 0 Å². The molecule has 1 aromatic rings. The van der Waals surface area contributed by atoms with Crippen LogP contribution < -0.4 is 5.32 Å². The predicted octanol–water partition coefficient (Wildman–Crippen LogP) is 1.55. The van der Waals surface area contributed by atoms with E-state index in [1.54, 1.807) is 0 Å². The highest BCUT2D eigenvalue weighted by molar-refractivity contribution is 5.14. The van der Waals surface area contributed by atoms with Gasteiger partial charge in [-0.3, -0.25) is 0 Å². The molecule has 0 atom stereocenters. The average Bonchev–Trinajstić information content (AvgIpc) is 3.00. The zero-order valence-electron chi connectivity index (χ0n) is 8.37. The van der Waals surface area contributed by atoms with Gasteiger partial charge in [-0.05, 0) is 18.4 Å². The van der Waals surface area contributed by atoms with E-state index in [1.807, 2.05) is 6.07 Å². The third-order valence-electron chi connectivity index (χ3n) is 2.96. The molecule has 14 heavy (non-hydrogen) atoms. The van der Waals surface area contributed by atoms with Gasteiger partial charge in [-0.2, -0.15) is 0 Å². The minimum atomic E-state index is 0.217. The highest BCUT2D eigenvalue weighted by atomic mass is 16.3. The van der Waals surface area contributed by atoms with Gasteiger partial charge >= 0.3 is 0 Å². The number of nitrogens with one attached hydrogen (secondary N) is 1. The smallest absolute Gasteiger partial charge is 0.0499 e. The van der Waals surface area contributed by atoms with Gasteiger partial charge in [0.05, 0.1) is 0 Å². The summed E-state index contributed by atoms with van der Waals surface area (Å²) in [6.07, 6.45) is 2.34. The predicted molar refractivity (Wildman–Crippen MR) is 56.9 cm³/mol. The van der Waals surface area contributed by atoms with Gasteiger partial charge in [0, 0.05) is 25.1 Å². The first kappa shape index (κ1) is 9.69. The van der Waals surface area contributed by atoms with Crippen molar-refractivity contribution < 1.29 is 5.11 Å². The van der Waals surface area contributed by atoms with Gasteiger partial charge < -0.3 is 10.4 Å². The van der Waals surface area contributed by atoms with Crippen LogP contribution in [0.2, 0.25) is 0 Å². The number of aliphatic hydroxyl groups is 1. The maximum atomic E-state index is 9.11. The van der Waals surface area contributed by atoms with E-state index in [0.717, 1.165) is 13.1 Å². The van der Waals surface area contributed by atoms with Crippen molar-refractivity contribution in [2.45, 2.75) is 19.4 Å². The zero-order valence-corrected chi connectivity index (χ0v) is 8.37. The molecule has 0 unspecified atom stereocenters. The van der Waals surface area contributed by atoms with E-state index in [1.165, 1.54) is 18.4 Å². The molecule has 2 rings (SSSR count). The molecule has 1 aliphatic carbocycles. The third-order valence-corrected chi connectivity index (χ3v) is 2.96. The molecule has 0 bridgehead atoms. The Balaban J connectivity index is 1.73. The maximum Gasteiger partial charge on any atom is 0.0499 e. The summed E-state index contributed by atoms with van der Waals surface area (Å²) in [5.74, 6) is 0. The Hall–Kier alpha value is -0.860. The second kappa shape index (κ2) is 4.11. The number of hydrogen-bond donors (Lipinski definition) is 2. The Morgan fingerprint density at radius 2 is 1.93 bits per heavy atom. The van der Waals surface area contributed by atoms with E-state index in [-0.39, 0.29) is 5.41 Å². The summed E-state index contributed by atoms with van der Waals surface area (Å²) in [4.78, 5) is 0. The minimum absolute atomic E-state index is 0.217. The zero-order chi connectivity index (χ0) is 9.86. The molecule has 76 valence electrons. The molecule has 2 heteroatoms.